The summed E-state index contributed by atoms with van der Waals surface area (Å²) in [6, 6.07) is 17.2. The second-order valence-corrected chi connectivity index (χ2v) is 9.80. The van der Waals surface area contributed by atoms with Crippen LogP contribution in [0.2, 0.25) is 0 Å². The molecule has 2 aromatic heterocycles. The fourth-order valence-corrected chi connectivity index (χ4v) is 4.55. The highest BCUT2D eigenvalue weighted by Gasteiger charge is 2.13. The first-order chi connectivity index (χ1) is 15.0. The topological polar surface area (TPSA) is 84.0 Å². The van der Waals surface area contributed by atoms with Gasteiger partial charge in [0, 0.05) is 47.2 Å². The molecule has 0 fully saturated rings. The van der Waals surface area contributed by atoms with Crippen LogP contribution < -0.4 is 10.6 Å². The maximum atomic E-state index is 11.7. The third kappa shape index (κ3) is 4.02. The van der Waals surface area contributed by atoms with Gasteiger partial charge in [-0.25, -0.2) is 13.4 Å². The monoisotopic (exact) mass is 430 g/mol. The van der Waals surface area contributed by atoms with Crippen molar-refractivity contribution in [3.8, 4) is 11.3 Å². The van der Waals surface area contributed by atoms with E-state index in [-0.39, 0.29) is 0 Å². The third-order valence-electron chi connectivity index (χ3n) is 5.57. The number of hydrogen-bond acceptors (Lipinski definition) is 6. The number of anilines is 2. The van der Waals surface area contributed by atoms with Crippen molar-refractivity contribution in [3.05, 3.63) is 78.1 Å². The first kappa shape index (κ1) is 19.7. The van der Waals surface area contributed by atoms with Crippen molar-refractivity contribution in [1.82, 2.24) is 15.3 Å². The molecule has 1 aliphatic rings. The molecule has 1 aliphatic heterocycles. The van der Waals surface area contributed by atoms with E-state index in [9.17, 15) is 8.42 Å². The van der Waals surface area contributed by atoms with Gasteiger partial charge in [0.1, 0.15) is 5.82 Å². The lowest BCUT2D eigenvalue weighted by Gasteiger charge is -2.18. The number of pyridine rings is 2. The minimum absolute atomic E-state index is 0.290. The first-order valence-corrected chi connectivity index (χ1v) is 12.0. The summed E-state index contributed by atoms with van der Waals surface area (Å²) in [5.74, 6) is 0.677. The van der Waals surface area contributed by atoms with Gasteiger partial charge in [-0.1, -0.05) is 12.1 Å². The van der Waals surface area contributed by atoms with Crippen LogP contribution in [0.15, 0.2) is 71.9 Å². The van der Waals surface area contributed by atoms with E-state index in [0.717, 1.165) is 47.2 Å². The number of rotatable bonds is 4. The van der Waals surface area contributed by atoms with Crippen LogP contribution >= 0.6 is 0 Å². The lowest BCUT2D eigenvalue weighted by atomic mass is 9.96. The van der Waals surface area contributed by atoms with Crippen LogP contribution in [0.25, 0.3) is 22.0 Å². The van der Waals surface area contributed by atoms with Crippen LogP contribution in [0.4, 0.5) is 11.5 Å². The quantitative estimate of drug-likeness (QED) is 0.507. The van der Waals surface area contributed by atoms with Gasteiger partial charge in [-0.3, -0.25) is 4.98 Å². The summed E-state index contributed by atoms with van der Waals surface area (Å²) in [6.07, 6.45) is 5.87. The molecular formula is C24H22N4O2S. The third-order valence-corrected chi connectivity index (χ3v) is 6.70. The molecule has 0 aliphatic carbocycles. The van der Waals surface area contributed by atoms with E-state index in [1.165, 1.54) is 17.4 Å². The zero-order valence-electron chi connectivity index (χ0n) is 17.1. The zero-order chi connectivity index (χ0) is 21.4. The Hall–Kier alpha value is -3.29. The molecule has 2 N–H and O–H groups in total. The number of sulfone groups is 1. The van der Waals surface area contributed by atoms with Gasteiger partial charge >= 0.3 is 0 Å². The largest absolute Gasteiger partial charge is 0.340 e. The van der Waals surface area contributed by atoms with Crippen molar-refractivity contribution in [2.75, 3.05) is 18.1 Å². The summed E-state index contributed by atoms with van der Waals surface area (Å²) >= 11 is 0. The maximum Gasteiger partial charge on any atom is 0.175 e. The molecular weight excluding hydrogens is 408 g/mol. The maximum absolute atomic E-state index is 11.7. The van der Waals surface area contributed by atoms with Crippen LogP contribution in [0, 0.1) is 0 Å². The zero-order valence-corrected chi connectivity index (χ0v) is 17.9. The predicted octanol–water partition coefficient (Wildman–Crippen LogP) is 4.09. The molecule has 0 atom stereocenters. The molecule has 2 aromatic carbocycles. The van der Waals surface area contributed by atoms with Crippen LogP contribution in [-0.4, -0.2) is 31.2 Å². The minimum Gasteiger partial charge on any atom is -0.340 e. The summed E-state index contributed by atoms with van der Waals surface area (Å²) < 4.78 is 23.3. The fraction of sp³-hybridized carbons (Fsp3) is 0.167. The van der Waals surface area contributed by atoms with Crippen LogP contribution in [0.5, 0.6) is 0 Å². The van der Waals surface area contributed by atoms with E-state index >= 15 is 0 Å². The Kier molecular flexibility index (Phi) is 4.92. The van der Waals surface area contributed by atoms with E-state index in [1.807, 2.05) is 24.5 Å². The normalized spacial score (nSPS) is 13.7. The Morgan fingerprint density at radius 1 is 0.968 bits per heavy atom. The Bertz CT molecular complexity index is 1380. The lowest BCUT2D eigenvalue weighted by Crippen LogP contribution is -2.23. The molecule has 0 bridgehead atoms. The van der Waals surface area contributed by atoms with Gasteiger partial charge in [-0.15, -0.1) is 0 Å². The van der Waals surface area contributed by atoms with E-state index in [1.54, 1.807) is 24.3 Å². The molecule has 3 heterocycles. The van der Waals surface area contributed by atoms with Gasteiger partial charge in [-0.2, -0.15) is 0 Å². The highest BCUT2D eigenvalue weighted by Crippen LogP contribution is 2.30. The SMILES string of the molecule is CS(=O)(=O)c1ccc(Nc2cc3c(-c4ccc5c(c4)CCNC5)nccc3cn2)cc1. The Morgan fingerprint density at radius 3 is 2.61 bits per heavy atom. The molecule has 0 spiro atoms. The fourth-order valence-electron chi connectivity index (χ4n) is 3.92. The van der Waals surface area contributed by atoms with Gasteiger partial charge in [0.15, 0.2) is 9.84 Å². The van der Waals surface area contributed by atoms with Crippen molar-refractivity contribution in [2.24, 2.45) is 0 Å². The average molecular weight is 431 g/mol. The van der Waals surface area contributed by atoms with Gasteiger partial charge < -0.3 is 10.6 Å². The number of benzene rings is 2. The second kappa shape index (κ2) is 7.76. The molecule has 4 aromatic rings. The first-order valence-electron chi connectivity index (χ1n) is 10.1. The molecule has 7 heteroatoms. The average Bonchev–Trinajstić information content (AvgIpc) is 2.78. The Balaban J connectivity index is 1.51. The molecule has 31 heavy (non-hydrogen) atoms. The van der Waals surface area contributed by atoms with Gasteiger partial charge in [0.2, 0.25) is 0 Å². The minimum atomic E-state index is -3.22. The molecule has 5 rings (SSSR count). The van der Waals surface area contributed by atoms with Crippen molar-refractivity contribution >= 4 is 32.1 Å². The number of aromatic nitrogens is 2. The lowest BCUT2D eigenvalue weighted by molar-refractivity contribution is 0.602. The summed E-state index contributed by atoms with van der Waals surface area (Å²) in [7, 11) is -3.22. The summed E-state index contributed by atoms with van der Waals surface area (Å²) in [5.41, 5.74) is 5.51. The number of hydrogen-bond donors (Lipinski definition) is 2. The van der Waals surface area contributed by atoms with Gasteiger partial charge in [-0.05, 0) is 66.6 Å². The van der Waals surface area contributed by atoms with E-state index < -0.39 is 9.84 Å². The summed E-state index contributed by atoms with van der Waals surface area (Å²) in [6.45, 7) is 1.91. The molecule has 6 nitrogen and oxygen atoms in total. The van der Waals surface area contributed by atoms with E-state index in [0.29, 0.717) is 10.7 Å². The van der Waals surface area contributed by atoms with Gasteiger partial charge in [0.05, 0.1) is 10.6 Å². The van der Waals surface area contributed by atoms with Crippen LogP contribution in [0.3, 0.4) is 0 Å². The number of nitrogens with zero attached hydrogens (tertiary/aromatic N) is 2. The Morgan fingerprint density at radius 2 is 1.81 bits per heavy atom. The summed E-state index contributed by atoms with van der Waals surface area (Å²) in [4.78, 5) is 9.48. The number of fused-ring (bicyclic) bond motifs is 2. The predicted molar refractivity (Wildman–Crippen MR) is 123 cm³/mol. The molecule has 0 saturated heterocycles. The van der Waals surface area contributed by atoms with Crippen molar-refractivity contribution < 1.29 is 8.42 Å². The van der Waals surface area contributed by atoms with E-state index in [2.05, 4.69) is 38.8 Å². The molecule has 0 radical (unpaired) electrons. The van der Waals surface area contributed by atoms with Crippen LogP contribution in [-0.2, 0) is 22.8 Å². The van der Waals surface area contributed by atoms with Crippen molar-refractivity contribution in [3.63, 3.8) is 0 Å². The summed E-state index contributed by atoms with van der Waals surface area (Å²) in [5, 5.41) is 8.70. The highest BCUT2D eigenvalue weighted by atomic mass is 32.2. The molecule has 0 amide bonds. The highest BCUT2D eigenvalue weighted by molar-refractivity contribution is 7.90. The molecule has 0 saturated carbocycles. The van der Waals surface area contributed by atoms with E-state index in [4.69, 9.17) is 0 Å². The molecule has 0 unspecified atom stereocenters. The number of nitrogens with one attached hydrogen (secondary N) is 2. The van der Waals surface area contributed by atoms with Crippen molar-refractivity contribution in [1.29, 1.82) is 0 Å². The van der Waals surface area contributed by atoms with Crippen molar-refractivity contribution in [2.45, 2.75) is 17.9 Å². The standard InChI is InChI=1S/C24H22N4O2S/c1-31(29,30)21-6-4-20(5-7-21)28-23-13-22-19(15-27-23)9-11-26-24(22)17-2-3-18-14-25-10-8-16(18)12-17/h2-7,9,11-13,15,25H,8,10,14H2,1H3,(H,27,28). The Labute approximate surface area is 181 Å². The van der Waals surface area contributed by atoms with Crippen LogP contribution in [0.1, 0.15) is 11.1 Å². The second-order valence-electron chi connectivity index (χ2n) is 7.78. The smallest absolute Gasteiger partial charge is 0.175 e. The molecule has 156 valence electrons. The van der Waals surface area contributed by atoms with Gasteiger partial charge in [0.25, 0.3) is 0 Å².